The third-order valence-electron chi connectivity index (χ3n) is 4.89. The zero-order chi connectivity index (χ0) is 22.1. The number of halogens is 1. The van der Waals surface area contributed by atoms with Gasteiger partial charge in [0.1, 0.15) is 5.82 Å². The van der Waals surface area contributed by atoms with Gasteiger partial charge in [0, 0.05) is 27.4 Å². The van der Waals surface area contributed by atoms with Gasteiger partial charge in [-0.25, -0.2) is 4.39 Å². The molecule has 0 heterocycles. The van der Waals surface area contributed by atoms with Gasteiger partial charge in [0.15, 0.2) is 0 Å². The molecule has 1 aromatic rings. The van der Waals surface area contributed by atoms with Crippen LogP contribution in [0.15, 0.2) is 24.3 Å². The summed E-state index contributed by atoms with van der Waals surface area (Å²) in [5.41, 5.74) is 1.15. The molecule has 1 aliphatic rings. The SMILES string of the molecule is CC(=O)O[Si](CCCO[C@H]1CC[C@H](c2ccc(F)cc2)CC1)(OC(C)=O)OC(C)=O. The van der Waals surface area contributed by atoms with Crippen LogP contribution in [-0.4, -0.2) is 39.4 Å². The van der Waals surface area contributed by atoms with Crippen LogP contribution in [-0.2, 0) is 32.4 Å². The summed E-state index contributed by atoms with van der Waals surface area (Å²) in [7, 11) is -3.79. The number of benzene rings is 1. The molecule has 0 N–H and O–H groups in total. The second-order valence-electron chi connectivity index (χ2n) is 7.46. The summed E-state index contributed by atoms with van der Waals surface area (Å²) in [5.74, 6) is -1.85. The number of hydrogen-bond donors (Lipinski definition) is 0. The molecule has 0 amide bonds. The molecule has 30 heavy (non-hydrogen) atoms. The Labute approximate surface area is 177 Å². The molecule has 0 unspecified atom stereocenters. The Bertz CT molecular complexity index is 689. The Balaban J connectivity index is 1.81. The van der Waals surface area contributed by atoms with Crippen LogP contribution < -0.4 is 0 Å². The first-order valence-electron chi connectivity index (χ1n) is 10.1. The van der Waals surface area contributed by atoms with Gasteiger partial charge in [-0.05, 0) is 55.7 Å². The maximum Gasteiger partial charge on any atom is 0.705 e. The van der Waals surface area contributed by atoms with Crippen LogP contribution in [0.25, 0.3) is 0 Å². The van der Waals surface area contributed by atoms with E-state index in [4.69, 9.17) is 18.0 Å². The van der Waals surface area contributed by atoms with Gasteiger partial charge in [0.05, 0.1) is 12.1 Å². The summed E-state index contributed by atoms with van der Waals surface area (Å²) < 4.78 is 34.5. The smallest absolute Gasteiger partial charge is 0.455 e. The average Bonchev–Trinajstić information content (AvgIpc) is 2.65. The Hall–Kier alpha value is -2.26. The van der Waals surface area contributed by atoms with E-state index in [1.807, 2.05) is 12.1 Å². The summed E-state index contributed by atoms with van der Waals surface area (Å²) in [6, 6.07) is 6.76. The van der Waals surface area contributed by atoms with Crippen LogP contribution in [0, 0.1) is 5.82 Å². The third kappa shape index (κ3) is 7.87. The van der Waals surface area contributed by atoms with E-state index in [0.29, 0.717) is 18.9 Å². The largest absolute Gasteiger partial charge is 0.705 e. The van der Waals surface area contributed by atoms with E-state index in [1.165, 1.54) is 32.9 Å². The Kier molecular flexibility index (Phi) is 8.98. The molecule has 9 heteroatoms. The molecule has 0 radical (unpaired) electrons. The Morgan fingerprint density at radius 2 is 1.40 bits per heavy atom. The first-order chi connectivity index (χ1) is 14.2. The second-order valence-corrected chi connectivity index (χ2v) is 9.94. The summed E-state index contributed by atoms with van der Waals surface area (Å²) in [6.07, 6.45) is 4.23. The van der Waals surface area contributed by atoms with E-state index < -0.39 is 26.7 Å². The summed E-state index contributed by atoms with van der Waals surface area (Å²) in [6.45, 7) is 3.88. The number of rotatable bonds is 9. The van der Waals surface area contributed by atoms with Crippen molar-refractivity contribution in [2.45, 2.75) is 70.9 Å². The Morgan fingerprint density at radius 3 is 1.87 bits per heavy atom. The van der Waals surface area contributed by atoms with Crippen molar-refractivity contribution < 1.29 is 36.8 Å². The third-order valence-corrected chi connectivity index (χ3v) is 7.66. The average molecular weight is 441 g/mol. The maximum atomic E-state index is 13.1. The minimum absolute atomic E-state index is 0.106. The maximum absolute atomic E-state index is 13.1. The lowest BCUT2D eigenvalue weighted by molar-refractivity contribution is -0.147. The predicted octanol–water partition coefficient (Wildman–Crippen LogP) is 3.89. The van der Waals surface area contributed by atoms with Gasteiger partial charge in [-0.2, -0.15) is 0 Å². The molecule has 1 fully saturated rings. The lowest BCUT2D eigenvalue weighted by Crippen LogP contribution is -2.49. The van der Waals surface area contributed by atoms with Gasteiger partial charge in [-0.15, -0.1) is 0 Å². The van der Waals surface area contributed by atoms with Crippen molar-refractivity contribution in [3.05, 3.63) is 35.6 Å². The lowest BCUT2D eigenvalue weighted by atomic mass is 9.83. The summed E-state index contributed by atoms with van der Waals surface area (Å²) >= 11 is 0. The van der Waals surface area contributed by atoms with Crippen molar-refractivity contribution in [1.82, 2.24) is 0 Å². The van der Waals surface area contributed by atoms with Gasteiger partial charge in [-0.3, -0.25) is 14.4 Å². The molecule has 166 valence electrons. The van der Waals surface area contributed by atoms with E-state index in [2.05, 4.69) is 0 Å². The van der Waals surface area contributed by atoms with Crippen LogP contribution in [0.4, 0.5) is 4.39 Å². The van der Waals surface area contributed by atoms with Gasteiger partial charge < -0.3 is 18.0 Å². The highest BCUT2D eigenvalue weighted by Crippen LogP contribution is 2.34. The summed E-state index contributed by atoms with van der Waals surface area (Å²) in [5, 5.41) is 0. The van der Waals surface area contributed by atoms with Gasteiger partial charge >= 0.3 is 8.80 Å². The molecule has 0 bridgehead atoms. The molecule has 7 nitrogen and oxygen atoms in total. The van der Waals surface area contributed by atoms with Crippen molar-refractivity contribution in [2.24, 2.45) is 0 Å². The molecule has 2 rings (SSSR count). The monoisotopic (exact) mass is 440 g/mol. The fourth-order valence-corrected chi connectivity index (χ4v) is 6.03. The molecule has 0 aromatic heterocycles. The minimum Gasteiger partial charge on any atom is -0.455 e. The highest BCUT2D eigenvalue weighted by molar-refractivity contribution is 6.65. The molecule has 0 aliphatic heterocycles. The minimum atomic E-state index is -3.79. The zero-order valence-corrected chi connectivity index (χ0v) is 18.6. The molecule has 0 spiro atoms. The normalized spacial score (nSPS) is 19.1. The van der Waals surface area contributed by atoms with E-state index in [9.17, 15) is 18.8 Å². The zero-order valence-electron chi connectivity index (χ0n) is 17.6. The van der Waals surface area contributed by atoms with E-state index >= 15 is 0 Å². The second kappa shape index (κ2) is 11.2. The highest BCUT2D eigenvalue weighted by Gasteiger charge is 2.51. The van der Waals surface area contributed by atoms with Crippen molar-refractivity contribution in [1.29, 1.82) is 0 Å². The van der Waals surface area contributed by atoms with Crippen LogP contribution in [0.5, 0.6) is 0 Å². The van der Waals surface area contributed by atoms with Crippen LogP contribution in [0.3, 0.4) is 0 Å². The van der Waals surface area contributed by atoms with Crippen molar-refractivity contribution in [3.63, 3.8) is 0 Å². The van der Waals surface area contributed by atoms with Gasteiger partial charge in [0.25, 0.3) is 17.9 Å². The fourth-order valence-electron chi connectivity index (χ4n) is 3.71. The number of carbonyl (C=O) groups is 3. The molecular weight excluding hydrogens is 411 g/mol. The number of hydrogen-bond acceptors (Lipinski definition) is 7. The summed E-state index contributed by atoms with van der Waals surface area (Å²) in [4.78, 5) is 34.3. The fraction of sp³-hybridized carbons (Fsp3) is 0.571. The van der Waals surface area contributed by atoms with Crippen molar-refractivity contribution >= 4 is 26.7 Å². The van der Waals surface area contributed by atoms with Crippen LogP contribution >= 0.6 is 0 Å². The molecule has 1 aliphatic carbocycles. The molecule has 0 atom stereocenters. The molecule has 1 aromatic carbocycles. The standard InChI is InChI=1S/C21H29FO7Si/c1-15(23)27-30(28-16(2)24,29-17(3)25)14-4-13-26-21-11-7-19(8-12-21)18-5-9-20(22)10-6-18/h5-6,9-10,19,21H,4,7-8,11-14H2,1-3H3/t19-,21-. The van der Waals surface area contributed by atoms with E-state index in [-0.39, 0.29) is 18.0 Å². The van der Waals surface area contributed by atoms with Crippen molar-refractivity contribution in [3.8, 4) is 0 Å². The highest BCUT2D eigenvalue weighted by atomic mass is 28.4. The molecule has 1 saturated carbocycles. The van der Waals surface area contributed by atoms with Crippen LogP contribution in [0.1, 0.15) is 64.4 Å². The predicted molar refractivity (Wildman–Crippen MR) is 108 cm³/mol. The quantitative estimate of drug-likeness (QED) is 0.425. The molecular formula is C21H29FO7Si. The van der Waals surface area contributed by atoms with Gasteiger partial charge in [-0.1, -0.05) is 12.1 Å². The van der Waals surface area contributed by atoms with E-state index in [1.54, 1.807) is 0 Å². The number of ether oxygens (including phenoxy) is 1. The first kappa shape index (κ1) is 24.0. The van der Waals surface area contributed by atoms with Gasteiger partial charge in [0.2, 0.25) is 0 Å². The van der Waals surface area contributed by atoms with Crippen LogP contribution in [0.2, 0.25) is 6.04 Å². The first-order valence-corrected chi connectivity index (χ1v) is 12.1. The van der Waals surface area contributed by atoms with E-state index in [0.717, 1.165) is 31.2 Å². The topological polar surface area (TPSA) is 88.1 Å². The molecule has 0 saturated heterocycles. The van der Waals surface area contributed by atoms with Crippen molar-refractivity contribution in [2.75, 3.05) is 6.61 Å². The number of carbonyl (C=O) groups excluding carboxylic acids is 3. The Morgan fingerprint density at radius 1 is 0.900 bits per heavy atom. The lowest BCUT2D eigenvalue weighted by Gasteiger charge is -2.29.